The number of hydrogen-bond donors (Lipinski definition) is 2. The smallest absolute Gasteiger partial charge is 0.387 e. The van der Waals surface area contributed by atoms with Crippen LogP contribution < -0.4 is 20.5 Å². The third-order valence-electron chi connectivity index (χ3n) is 3.47. The van der Waals surface area contributed by atoms with E-state index in [1.165, 1.54) is 12.1 Å². The number of benzene rings is 2. The maximum atomic E-state index is 12.1. The lowest BCUT2D eigenvalue weighted by Gasteiger charge is -2.17. The van der Waals surface area contributed by atoms with Gasteiger partial charge in [-0.1, -0.05) is 18.2 Å². The molecule has 0 radical (unpaired) electrons. The summed E-state index contributed by atoms with van der Waals surface area (Å²) in [6.45, 7) is -2.04. The van der Waals surface area contributed by atoms with Gasteiger partial charge in [-0.15, -0.1) is 0 Å². The van der Waals surface area contributed by atoms with Gasteiger partial charge in [-0.2, -0.15) is 8.78 Å². The molecule has 25 heavy (non-hydrogen) atoms. The molecular weight excluding hydrogens is 346 g/mol. The van der Waals surface area contributed by atoms with Gasteiger partial charge in [0, 0.05) is 18.7 Å². The van der Waals surface area contributed by atoms with Gasteiger partial charge in [0.1, 0.15) is 11.6 Å². The van der Waals surface area contributed by atoms with E-state index in [-0.39, 0.29) is 5.75 Å². The number of thiocarbonyl (C=S) groups is 1. The Labute approximate surface area is 149 Å². The molecule has 0 aromatic heterocycles. The van der Waals surface area contributed by atoms with Crippen LogP contribution in [0.1, 0.15) is 6.42 Å². The van der Waals surface area contributed by atoms with Crippen molar-refractivity contribution < 1.29 is 13.5 Å². The van der Waals surface area contributed by atoms with Gasteiger partial charge in [-0.3, -0.25) is 10.4 Å². The molecule has 2 aromatic carbocycles. The van der Waals surface area contributed by atoms with Crippen LogP contribution in [0.3, 0.4) is 0 Å². The van der Waals surface area contributed by atoms with Crippen LogP contribution in [0, 0.1) is 0 Å². The lowest BCUT2D eigenvalue weighted by molar-refractivity contribution is -0.0498. The molecule has 130 valence electrons. The summed E-state index contributed by atoms with van der Waals surface area (Å²) in [5, 5.41) is 5.24. The van der Waals surface area contributed by atoms with E-state index in [1.54, 1.807) is 12.1 Å². The molecule has 1 fully saturated rings. The van der Waals surface area contributed by atoms with E-state index in [0.717, 1.165) is 24.5 Å². The van der Waals surface area contributed by atoms with E-state index in [1.807, 2.05) is 35.3 Å². The standard InChI is InChI=1S/C17H16F2N4OS/c18-16(19)24-14-8-6-12(7-9-14)20-17(25)21-15-10-11-23(22-15)13-4-2-1-3-5-13/h1-9,16H,10-11H2,(H2,20,21,22,25). The Kier molecular flexibility index (Phi) is 5.39. The average Bonchev–Trinajstić information content (AvgIpc) is 3.05. The molecular formula is C17H16F2N4OS. The number of rotatable bonds is 4. The van der Waals surface area contributed by atoms with Crippen molar-refractivity contribution in [3.63, 3.8) is 0 Å². The number of halogens is 2. The summed E-state index contributed by atoms with van der Waals surface area (Å²) >= 11 is 5.22. The molecule has 0 unspecified atom stereocenters. The summed E-state index contributed by atoms with van der Waals surface area (Å²) in [4.78, 5) is 4.35. The Balaban J connectivity index is 1.56. The Morgan fingerprint density at radius 3 is 2.56 bits per heavy atom. The van der Waals surface area contributed by atoms with Gasteiger partial charge in [0.05, 0.1) is 5.69 Å². The highest BCUT2D eigenvalue weighted by atomic mass is 32.1. The molecule has 1 aliphatic rings. The number of ether oxygens (including phenoxy) is 1. The highest BCUT2D eigenvalue weighted by Crippen LogP contribution is 2.18. The lowest BCUT2D eigenvalue weighted by atomic mass is 10.3. The molecule has 2 aromatic rings. The van der Waals surface area contributed by atoms with Crippen LogP contribution in [-0.4, -0.2) is 24.1 Å². The van der Waals surface area contributed by atoms with Crippen molar-refractivity contribution in [1.29, 1.82) is 0 Å². The van der Waals surface area contributed by atoms with Gasteiger partial charge in [-0.05, 0) is 48.6 Å². The molecule has 0 saturated carbocycles. The number of hydrazine groups is 1. The molecule has 1 aliphatic heterocycles. The first-order chi connectivity index (χ1) is 12.1. The predicted octanol–water partition coefficient (Wildman–Crippen LogP) is 3.80. The molecule has 1 heterocycles. The second-order valence-corrected chi connectivity index (χ2v) is 5.63. The fraction of sp³-hybridized carbons (Fsp3) is 0.176. The maximum absolute atomic E-state index is 12.1. The molecule has 0 bridgehead atoms. The lowest BCUT2D eigenvalue weighted by Crippen LogP contribution is -2.33. The number of anilines is 2. The van der Waals surface area contributed by atoms with Crippen LogP contribution in [0.2, 0.25) is 0 Å². The van der Waals surface area contributed by atoms with Gasteiger partial charge in [-0.25, -0.2) is 4.99 Å². The second-order valence-electron chi connectivity index (χ2n) is 5.24. The molecule has 0 atom stereocenters. The number of para-hydroxylation sites is 1. The molecule has 5 nitrogen and oxygen atoms in total. The van der Waals surface area contributed by atoms with E-state index in [4.69, 9.17) is 12.2 Å². The van der Waals surface area contributed by atoms with Gasteiger partial charge in [0.2, 0.25) is 0 Å². The summed E-state index contributed by atoms with van der Waals surface area (Å²) < 4.78 is 28.5. The number of nitrogens with one attached hydrogen (secondary N) is 2. The summed E-state index contributed by atoms with van der Waals surface area (Å²) in [6.07, 6.45) is 0.748. The Hall–Kier alpha value is -2.74. The minimum absolute atomic E-state index is 0.0914. The molecule has 1 saturated heterocycles. The van der Waals surface area contributed by atoms with Crippen molar-refractivity contribution in [3.05, 3.63) is 54.6 Å². The number of aliphatic imine (C=N–C) groups is 1. The van der Waals surface area contributed by atoms with Crippen LogP contribution in [0.25, 0.3) is 0 Å². The Bertz CT molecular complexity index is 753. The fourth-order valence-electron chi connectivity index (χ4n) is 2.36. The maximum Gasteiger partial charge on any atom is 0.387 e. The fourth-order valence-corrected chi connectivity index (χ4v) is 2.59. The van der Waals surface area contributed by atoms with Crippen LogP contribution >= 0.6 is 12.2 Å². The summed E-state index contributed by atoms with van der Waals surface area (Å²) in [5.74, 6) is 0.854. The largest absolute Gasteiger partial charge is 0.435 e. The molecule has 8 heteroatoms. The minimum atomic E-state index is -2.84. The van der Waals surface area contributed by atoms with Gasteiger partial charge in [0.25, 0.3) is 0 Å². The number of hydrogen-bond acceptors (Lipinski definition) is 3. The van der Waals surface area contributed by atoms with Crippen molar-refractivity contribution in [2.75, 3.05) is 16.9 Å². The van der Waals surface area contributed by atoms with Crippen LogP contribution in [0.5, 0.6) is 5.75 Å². The Morgan fingerprint density at radius 1 is 1.16 bits per heavy atom. The van der Waals surface area contributed by atoms with E-state index >= 15 is 0 Å². The predicted molar refractivity (Wildman–Crippen MR) is 98.3 cm³/mol. The van der Waals surface area contributed by atoms with E-state index < -0.39 is 6.61 Å². The van der Waals surface area contributed by atoms with Crippen molar-refractivity contribution in [2.24, 2.45) is 4.99 Å². The van der Waals surface area contributed by atoms with Crippen molar-refractivity contribution in [1.82, 2.24) is 5.43 Å². The molecule has 0 spiro atoms. The topological polar surface area (TPSA) is 48.9 Å². The SMILES string of the molecule is FC(F)Oc1ccc(NC(=S)N=C2CCN(c3ccccc3)N2)cc1. The number of amidine groups is 1. The van der Waals surface area contributed by atoms with Crippen LogP contribution in [-0.2, 0) is 0 Å². The van der Waals surface area contributed by atoms with Gasteiger partial charge >= 0.3 is 6.61 Å². The van der Waals surface area contributed by atoms with E-state index in [9.17, 15) is 8.78 Å². The average molecular weight is 362 g/mol. The zero-order valence-corrected chi connectivity index (χ0v) is 14.0. The minimum Gasteiger partial charge on any atom is -0.435 e. The summed E-state index contributed by atoms with van der Waals surface area (Å²) in [7, 11) is 0. The second kappa shape index (κ2) is 7.89. The third-order valence-corrected chi connectivity index (χ3v) is 3.66. The monoisotopic (exact) mass is 362 g/mol. The van der Waals surface area contributed by atoms with Crippen molar-refractivity contribution in [2.45, 2.75) is 13.0 Å². The van der Waals surface area contributed by atoms with E-state index in [0.29, 0.717) is 10.8 Å². The normalized spacial score (nSPS) is 15.3. The number of nitrogens with zero attached hydrogens (tertiary/aromatic N) is 2. The molecule has 0 aliphatic carbocycles. The van der Waals surface area contributed by atoms with Gasteiger partial charge in [0.15, 0.2) is 5.11 Å². The quantitative estimate of drug-likeness (QED) is 0.811. The molecule has 0 amide bonds. The number of alkyl halides is 2. The first-order valence-electron chi connectivity index (χ1n) is 7.63. The summed E-state index contributed by atoms with van der Waals surface area (Å²) in [6, 6.07) is 16.0. The highest BCUT2D eigenvalue weighted by Gasteiger charge is 2.17. The van der Waals surface area contributed by atoms with Crippen LogP contribution in [0.4, 0.5) is 20.2 Å². The van der Waals surface area contributed by atoms with Crippen molar-refractivity contribution >= 4 is 34.5 Å². The first kappa shape index (κ1) is 17.1. The zero-order valence-electron chi connectivity index (χ0n) is 13.2. The van der Waals surface area contributed by atoms with Crippen LogP contribution in [0.15, 0.2) is 59.6 Å². The zero-order chi connectivity index (χ0) is 17.6. The molecule has 2 N–H and O–H groups in total. The summed E-state index contributed by atoms with van der Waals surface area (Å²) in [5.41, 5.74) is 4.91. The van der Waals surface area contributed by atoms with Crippen molar-refractivity contribution in [3.8, 4) is 5.75 Å². The highest BCUT2D eigenvalue weighted by molar-refractivity contribution is 7.80. The third kappa shape index (κ3) is 4.87. The molecule has 3 rings (SSSR count). The van der Waals surface area contributed by atoms with E-state index in [2.05, 4.69) is 20.5 Å². The van der Waals surface area contributed by atoms with Gasteiger partial charge < -0.3 is 10.1 Å². The Morgan fingerprint density at radius 2 is 1.88 bits per heavy atom. The first-order valence-corrected chi connectivity index (χ1v) is 8.03.